The van der Waals surface area contributed by atoms with Gasteiger partial charge in [-0.05, 0) is 0 Å². The van der Waals surface area contributed by atoms with E-state index in [-0.39, 0.29) is 19.1 Å². The summed E-state index contributed by atoms with van der Waals surface area (Å²) in [5.74, 6) is -0.258. The number of rotatable bonds is 6. The Morgan fingerprint density at radius 1 is 1.64 bits per heavy atom. The molecule has 0 aliphatic rings. The lowest BCUT2D eigenvalue weighted by Gasteiger charge is -2.02. The lowest BCUT2D eigenvalue weighted by Crippen LogP contribution is -2.27. The third-order valence-electron chi connectivity index (χ3n) is 1.36. The van der Waals surface area contributed by atoms with Crippen LogP contribution < -0.4 is 5.32 Å². The van der Waals surface area contributed by atoms with E-state index >= 15 is 0 Å². The van der Waals surface area contributed by atoms with Gasteiger partial charge in [0.2, 0.25) is 0 Å². The molecule has 1 aromatic rings. The summed E-state index contributed by atoms with van der Waals surface area (Å²) in [6.07, 6.45) is 1.41. The molecule has 0 aliphatic heterocycles. The summed E-state index contributed by atoms with van der Waals surface area (Å²) in [4.78, 5) is 11.2. The highest BCUT2D eigenvalue weighted by Gasteiger charge is 2.06. The fourth-order valence-electron chi connectivity index (χ4n) is 0.759. The lowest BCUT2D eigenvalue weighted by atomic mass is 10.4. The quantitative estimate of drug-likeness (QED) is 0.614. The Morgan fingerprint density at radius 3 is 3.14 bits per heavy atom. The summed E-state index contributed by atoms with van der Waals surface area (Å²) in [6, 6.07) is 0. The fourth-order valence-corrected chi connectivity index (χ4v) is 1.17. The summed E-state index contributed by atoms with van der Waals surface area (Å²) in [6.45, 7) is 1.05. The predicted octanol–water partition coefficient (Wildman–Crippen LogP) is -0.723. The van der Waals surface area contributed by atoms with Crippen molar-refractivity contribution in [2.75, 3.05) is 26.4 Å². The monoisotopic (exact) mass is 217 g/mol. The van der Waals surface area contributed by atoms with Gasteiger partial charge in [-0.3, -0.25) is 4.79 Å². The molecule has 0 bridgehead atoms. The molecule has 0 spiro atoms. The van der Waals surface area contributed by atoms with Crippen LogP contribution in [0, 0.1) is 0 Å². The molecule has 0 aliphatic carbocycles. The predicted molar refractivity (Wildman–Crippen MR) is 50.1 cm³/mol. The van der Waals surface area contributed by atoms with E-state index in [4.69, 9.17) is 9.84 Å². The standard InChI is InChI=1S/C7H11N3O3S/c11-2-4-13-3-1-8-7(12)6-5-9-14-10-6/h5,11H,1-4H2,(H,8,12). The van der Waals surface area contributed by atoms with Crippen LogP contribution in [0.15, 0.2) is 6.20 Å². The number of aliphatic hydroxyl groups is 1. The molecule has 7 heteroatoms. The Morgan fingerprint density at radius 2 is 2.50 bits per heavy atom. The molecule has 0 saturated heterocycles. The zero-order chi connectivity index (χ0) is 10.2. The Bertz CT molecular complexity index is 265. The molecule has 1 aromatic heterocycles. The Hall–Kier alpha value is -1.05. The molecule has 0 fully saturated rings. The Labute approximate surface area is 85.2 Å². The van der Waals surface area contributed by atoms with Crippen molar-refractivity contribution in [3.8, 4) is 0 Å². The van der Waals surface area contributed by atoms with Crippen molar-refractivity contribution in [1.82, 2.24) is 14.1 Å². The second-order valence-electron chi connectivity index (χ2n) is 2.38. The molecule has 2 N–H and O–H groups in total. The van der Waals surface area contributed by atoms with Gasteiger partial charge in [0.05, 0.1) is 37.7 Å². The van der Waals surface area contributed by atoms with Gasteiger partial charge in [0.1, 0.15) is 0 Å². The van der Waals surface area contributed by atoms with Gasteiger partial charge in [0.25, 0.3) is 5.91 Å². The molecule has 1 rings (SSSR count). The van der Waals surface area contributed by atoms with Gasteiger partial charge in [-0.2, -0.15) is 8.75 Å². The van der Waals surface area contributed by atoms with E-state index in [1.807, 2.05) is 0 Å². The number of hydrogen-bond acceptors (Lipinski definition) is 6. The molecule has 14 heavy (non-hydrogen) atoms. The molecule has 0 atom stereocenters. The number of carbonyl (C=O) groups excluding carboxylic acids is 1. The average molecular weight is 217 g/mol. The summed E-state index contributed by atoms with van der Waals surface area (Å²) >= 11 is 0.990. The Balaban J connectivity index is 2.10. The highest BCUT2D eigenvalue weighted by atomic mass is 32.1. The molecular weight excluding hydrogens is 206 g/mol. The van der Waals surface area contributed by atoms with Gasteiger partial charge in [-0.25, -0.2) is 0 Å². The van der Waals surface area contributed by atoms with Gasteiger partial charge >= 0.3 is 0 Å². The summed E-state index contributed by atoms with van der Waals surface area (Å²) < 4.78 is 12.4. The van der Waals surface area contributed by atoms with Gasteiger partial charge in [0, 0.05) is 6.54 Å². The number of carbonyl (C=O) groups is 1. The molecule has 0 saturated carbocycles. The van der Waals surface area contributed by atoms with E-state index < -0.39 is 0 Å². The minimum absolute atomic E-state index is 0.00997. The van der Waals surface area contributed by atoms with E-state index in [9.17, 15) is 4.79 Å². The topological polar surface area (TPSA) is 84.3 Å². The maximum atomic E-state index is 11.2. The van der Waals surface area contributed by atoms with E-state index in [2.05, 4.69) is 14.1 Å². The summed E-state index contributed by atoms with van der Waals surface area (Å²) in [7, 11) is 0. The zero-order valence-electron chi connectivity index (χ0n) is 7.47. The van der Waals surface area contributed by atoms with Crippen LogP contribution in [0.3, 0.4) is 0 Å². The van der Waals surface area contributed by atoms with Crippen LogP contribution in [0.1, 0.15) is 10.5 Å². The first-order valence-electron chi connectivity index (χ1n) is 4.09. The molecule has 78 valence electrons. The first-order valence-corrected chi connectivity index (χ1v) is 4.82. The molecular formula is C7H11N3O3S. The molecule has 1 heterocycles. The van der Waals surface area contributed by atoms with Crippen LogP contribution in [-0.2, 0) is 4.74 Å². The number of hydrogen-bond donors (Lipinski definition) is 2. The molecule has 0 aromatic carbocycles. The van der Waals surface area contributed by atoms with Gasteiger partial charge in [-0.1, -0.05) is 0 Å². The number of amides is 1. The first kappa shape index (κ1) is 11.0. The molecule has 6 nitrogen and oxygen atoms in total. The van der Waals surface area contributed by atoms with Crippen molar-refractivity contribution in [3.05, 3.63) is 11.9 Å². The second-order valence-corrected chi connectivity index (χ2v) is 2.94. The van der Waals surface area contributed by atoms with Crippen molar-refractivity contribution in [1.29, 1.82) is 0 Å². The number of nitrogens with zero attached hydrogens (tertiary/aromatic N) is 2. The minimum atomic E-state index is -0.258. The largest absolute Gasteiger partial charge is 0.394 e. The Kier molecular flexibility index (Phi) is 5.05. The lowest BCUT2D eigenvalue weighted by molar-refractivity contribution is 0.0835. The van der Waals surface area contributed by atoms with Crippen LogP contribution in [-0.4, -0.2) is 46.1 Å². The van der Waals surface area contributed by atoms with E-state index in [0.717, 1.165) is 11.7 Å². The first-order chi connectivity index (χ1) is 6.84. The SMILES string of the molecule is O=C(NCCOCCO)c1cnsn1. The van der Waals surface area contributed by atoms with Crippen molar-refractivity contribution >= 4 is 17.6 Å². The van der Waals surface area contributed by atoms with Crippen molar-refractivity contribution in [3.63, 3.8) is 0 Å². The third kappa shape index (κ3) is 3.77. The highest BCUT2D eigenvalue weighted by molar-refractivity contribution is 6.99. The number of nitrogens with one attached hydrogen (secondary N) is 1. The molecule has 0 unspecified atom stereocenters. The van der Waals surface area contributed by atoms with Crippen molar-refractivity contribution < 1.29 is 14.6 Å². The smallest absolute Gasteiger partial charge is 0.272 e. The van der Waals surface area contributed by atoms with Crippen molar-refractivity contribution in [2.45, 2.75) is 0 Å². The third-order valence-corrected chi connectivity index (χ3v) is 1.84. The number of ether oxygens (including phenoxy) is 1. The van der Waals surface area contributed by atoms with Crippen LogP contribution in [0.25, 0.3) is 0 Å². The molecule has 0 radical (unpaired) electrons. The van der Waals surface area contributed by atoms with Gasteiger partial charge in [0.15, 0.2) is 5.69 Å². The minimum Gasteiger partial charge on any atom is -0.394 e. The van der Waals surface area contributed by atoms with Crippen LogP contribution in [0.5, 0.6) is 0 Å². The maximum Gasteiger partial charge on any atom is 0.272 e. The summed E-state index contributed by atoms with van der Waals surface area (Å²) in [5, 5.41) is 11.0. The number of aliphatic hydroxyl groups excluding tert-OH is 1. The average Bonchev–Trinajstić information content (AvgIpc) is 2.70. The molecule has 1 amide bonds. The van der Waals surface area contributed by atoms with Crippen molar-refractivity contribution in [2.24, 2.45) is 0 Å². The van der Waals surface area contributed by atoms with Crippen LogP contribution in [0.4, 0.5) is 0 Å². The van der Waals surface area contributed by atoms with Crippen LogP contribution >= 0.6 is 11.7 Å². The normalized spacial score (nSPS) is 10.1. The van der Waals surface area contributed by atoms with Crippen LogP contribution in [0.2, 0.25) is 0 Å². The second kappa shape index (κ2) is 6.41. The zero-order valence-corrected chi connectivity index (χ0v) is 8.29. The van der Waals surface area contributed by atoms with E-state index in [1.54, 1.807) is 0 Å². The van der Waals surface area contributed by atoms with E-state index in [1.165, 1.54) is 6.20 Å². The highest BCUT2D eigenvalue weighted by Crippen LogP contribution is 1.93. The number of aromatic nitrogens is 2. The van der Waals surface area contributed by atoms with Gasteiger partial charge in [-0.15, -0.1) is 0 Å². The maximum absolute atomic E-state index is 11.2. The fraction of sp³-hybridized carbons (Fsp3) is 0.571. The summed E-state index contributed by atoms with van der Waals surface area (Å²) in [5.41, 5.74) is 0.317. The van der Waals surface area contributed by atoms with Gasteiger partial charge < -0.3 is 15.2 Å². The van der Waals surface area contributed by atoms with E-state index in [0.29, 0.717) is 18.8 Å².